The summed E-state index contributed by atoms with van der Waals surface area (Å²) in [4.78, 5) is 25.9. The Labute approximate surface area is 194 Å². The van der Waals surface area contributed by atoms with E-state index in [2.05, 4.69) is 41.9 Å². The minimum Gasteiger partial charge on any atom is -0.368 e. The smallest absolute Gasteiger partial charge is 0.251 e. The van der Waals surface area contributed by atoms with Gasteiger partial charge in [0, 0.05) is 48.9 Å². The number of likely N-dealkylation sites (tertiary alicyclic amines) is 1. The molecule has 3 fully saturated rings. The lowest BCUT2D eigenvalue weighted by Crippen LogP contribution is -2.44. The van der Waals surface area contributed by atoms with E-state index in [1.54, 1.807) is 0 Å². The molecule has 1 saturated carbocycles. The number of aryl methyl sites for hydroxylation is 1. The van der Waals surface area contributed by atoms with Gasteiger partial charge in [0.2, 0.25) is 0 Å². The van der Waals surface area contributed by atoms with E-state index in [0.717, 1.165) is 68.3 Å². The number of carbonyl (C=O) groups is 2. The van der Waals surface area contributed by atoms with Crippen molar-refractivity contribution in [2.45, 2.75) is 44.1 Å². The molecule has 170 valence electrons. The summed E-state index contributed by atoms with van der Waals surface area (Å²) >= 11 is 0. The first-order valence-corrected chi connectivity index (χ1v) is 12.1. The van der Waals surface area contributed by atoms with Crippen LogP contribution < -0.4 is 0 Å². The van der Waals surface area contributed by atoms with Gasteiger partial charge in [-0.2, -0.15) is 0 Å². The van der Waals surface area contributed by atoms with Gasteiger partial charge in [-0.15, -0.1) is 0 Å². The molecule has 3 aliphatic rings. The molecule has 6 rings (SSSR count). The van der Waals surface area contributed by atoms with Gasteiger partial charge < -0.3 is 14.2 Å². The maximum absolute atomic E-state index is 12.7. The van der Waals surface area contributed by atoms with Crippen LogP contribution in [0.4, 0.5) is 0 Å². The average molecular weight is 443 g/mol. The molecule has 2 saturated heterocycles. The second-order valence-electron chi connectivity index (χ2n) is 10.1. The summed E-state index contributed by atoms with van der Waals surface area (Å²) in [5.41, 5.74) is 5.92. The third kappa shape index (κ3) is 3.50. The average Bonchev–Trinajstić information content (AvgIpc) is 3.17. The van der Waals surface area contributed by atoms with E-state index in [0.29, 0.717) is 16.9 Å². The Morgan fingerprint density at radius 2 is 1.88 bits per heavy atom. The van der Waals surface area contributed by atoms with Crippen molar-refractivity contribution in [3.8, 4) is 11.3 Å². The Balaban J connectivity index is 1.15. The third-order valence-corrected chi connectivity index (χ3v) is 8.28. The number of nitrogens with zero attached hydrogens (tertiary/aromatic N) is 2. The van der Waals surface area contributed by atoms with Crippen molar-refractivity contribution >= 4 is 23.1 Å². The van der Waals surface area contributed by atoms with E-state index in [-0.39, 0.29) is 12.0 Å². The van der Waals surface area contributed by atoms with Crippen LogP contribution in [0.15, 0.2) is 48.5 Å². The molecule has 1 aliphatic carbocycles. The zero-order valence-corrected chi connectivity index (χ0v) is 19.1. The molecule has 5 heteroatoms. The van der Waals surface area contributed by atoms with Gasteiger partial charge in [-0.1, -0.05) is 36.4 Å². The lowest BCUT2D eigenvalue weighted by molar-refractivity contribution is -0.142. The van der Waals surface area contributed by atoms with Gasteiger partial charge in [-0.3, -0.25) is 9.59 Å². The second-order valence-corrected chi connectivity index (χ2v) is 10.1. The van der Waals surface area contributed by atoms with Gasteiger partial charge in [-0.25, -0.2) is 0 Å². The Morgan fingerprint density at radius 3 is 2.58 bits per heavy atom. The van der Waals surface area contributed by atoms with E-state index in [4.69, 9.17) is 4.74 Å². The SMILES string of the molecule is Cn1c(-c2ccc(C3CC34CCN(C(=O)C3CCCO3)CC4)cc2)cc2ccc(C=O)cc21. The molecule has 0 N–H and O–H groups in total. The van der Waals surface area contributed by atoms with E-state index >= 15 is 0 Å². The van der Waals surface area contributed by atoms with Crippen LogP contribution in [0.2, 0.25) is 0 Å². The highest BCUT2D eigenvalue weighted by molar-refractivity contribution is 5.91. The van der Waals surface area contributed by atoms with Crippen LogP contribution in [0, 0.1) is 5.41 Å². The van der Waals surface area contributed by atoms with Crippen LogP contribution in [0.25, 0.3) is 22.2 Å². The zero-order valence-electron chi connectivity index (χ0n) is 19.1. The largest absolute Gasteiger partial charge is 0.368 e. The maximum atomic E-state index is 12.7. The predicted molar refractivity (Wildman–Crippen MR) is 128 cm³/mol. The number of benzene rings is 2. The maximum Gasteiger partial charge on any atom is 0.251 e. The summed E-state index contributed by atoms with van der Waals surface area (Å²) in [6, 6.07) is 17.1. The van der Waals surface area contributed by atoms with Crippen molar-refractivity contribution in [3.63, 3.8) is 0 Å². The number of fused-ring (bicyclic) bond motifs is 1. The lowest BCUT2D eigenvalue weighted by Gasteiger charge is -2.34. The minimum atomic E-state index is -0.194. The predicted octanol–water partition coefficient (Wildman–Crippen LogP) is 4.93. The molecular weight excluding hydrogens is 412 g/mol. The van der Waals surface area contributed by atoms with Gasteiger partial charge in [0.05, 0.1) is 0 Å². The van der Waals surface area contributed by atoms with E-state index in [1.165, 1.54) is 17.5 Å². The van der Waals surface area contributed by atoms with Crippen LogP contribution in [-0.2, 0) is 16.6 Å². The molecule has 1 spiro atoms. The summed E-state index contributed by atoms with van der Waals surface area (Å²) in [6.45, 7) is 2.46. The van der Waals surface area contributed by atoms with Crippen LogP contribution >= 0.6 is 0 Å². The number of aldehydes is 1. The van der Waals surface area contributed by atoms with Crippen molar-refractivity contribution in [2.24, 2.45) is 12.5 Å². The molecule has 3 heterocycles. The number of hydrogen-bond donors (Lipinski definition) is 0. The first-order chi connectivity index (χ1) is 16.1. The molecule has 2 aromatic carbocycles. The summed E-state index contributed by atoms with van der Waals surface area (Å²) in [7, 11) is 2.06. The highest BCUT2D eigenvalue weighted by atomic mass is 16.5. The van der Waals surface area contributed by atoms with Gasteiger partial charge >= 0.3 is 0 Å². The van der Waals surface area contributed by atoms with Gasteiger partial charge in [0.15, 0.2) is 0 Å². The van der Waals surface area contributed by atoms with Crippen LogP contribution in [0.3, 0.4) is 0 Å². The third-order valence-electron chi connectivity index (χ3n) is 8.28. The van der Waals surface area contributed by atoms with Crippen molar-refractivity contribution in [1.29, 1.82) is 0 Å². The Morgan fingerprint density at radius 1 is 1.09 bits per heavy atom. The molecule has 0 bridgehead atoms. The number of hydrogen-bond acceptors (Lipinski definition) is 3. The fourth-order valence-corrected chi connectivity index (χ4v) is 6.10. The lowest BCUT2D eigenvalue weighted by atomic mass is 9.88. The summed E-state index contributed by atoms with van der Waals surface area (Å²) < 4.78 is 7.77. The van der Waals surface area contributed by atoms with Crippen molar-refractivity contribution < 1.29 is 14.3 Å². The second kappa shape index (κ2) is 7.84. The van der Waals surface area contributed by atoms with Crippen molar-refractivity contribution in [2.75, 3.05) is 19.7 Å². The summed E-state index contributed by atoms with van der Waals surface area (Å²) in [5.74, 6) is 0.813. The van der Waals surface area contributed by atoms with Crippen LogP contribution in [0.1, 0.15) is 53.9 Å². The summed E-state index contributed by atoms with van der Waals surface area (Å²) in [5, 5.41) is 1.15. The Hall–Kier alpha value is -2.92. The van der Waals surface area contributed by atoms with Gasteiger partial charge in [-0.05, 0) is 66.7 Å². The topological polar surface area (TPSA) is 51.5 Å². The first-order valence-electron chi connectivity index (χ1n) is 12.1. The van der Waals surface area contributed by atoms with E-state index in [1.807, 2.05) is 23.1 Å². The molecule has 0 radical (unpaired) electrons. The number of amides is 1. The van der Waals surface area contributed by atoms with Gasteiger partial charge in [0.1, 0.15) is 12.4 Å². The highest BCUT2D eigenvalue weighted by Gasteiger charge is 2.55. The molecule has 2 atom stereocenters. The van der Waals surface area contributed by atoms with Crippen molar-refractivity contribution in [3.05, 3.63) is 59.7 Å². The molecule has 1 aromatic heterocycles. The minimum absolute atomic E-state index is 0.194. The monoisotopic (exact) mass is 442 g/mol. The number of rotatable bonds is 4. The molecule has 2 unspecified atom stereocenters. The molecule has 2 aliphatic heterocycles. The van der Waals surface area contributed by atoms with E-state index < -0.39 is 0 Å². The van der Waals surface area contributed by atoms with Crippen molar-refractivity contribution in [1.82, 2.24) is 9.47 Å². The van der Waals surface area contributed by atoms with Crippen LogP contribution in [0.5, 0.6) is 0 Å². The molecule has 1 amide bonds. The molecule has 3 aromatic rings. The quantitative estimate of drug-likeness (QED) is 0.538. The normalized spacial score (nSPS) is 23.8. The fraction of sp³-hybridized carbons (Fsp3) is 0.429. The van der Waals surface area contributed by atoms with Gasteiger partial charge in [0.25, 0.3) is 5.91 Å². The number of carbonyl (C=O) groups excluding carboxylic acids is 2. The number of aromatic nitrogens is 1. The molecule has 33 heavy (non-hydrogen) atoms. The number of ether oxygens (including phenoxy) is 1. The van der Waals surface area contributed by atoms with Crippen LogP contribution in [-0.4, -0.2) is 47.5 Å². The standard InChI is InChI=1S/C28H30N2O3/c1-29-24-15-19(18-31)4-5-22(24)16-25(29)21-8-6-20(7-9-21)23-17-28(23)10-12-30(13-11-28)27(32)26-3-2-14-33-26/h4-9,15-16,18,23,26H,2-3,10-14,17H2,1H3. The fourth-order valence-electron chi connectivity index (χ4n) is 6.10. The number of piperidine rings is 1. The highest BCUT2D eigenvalue weighted by Crippen LogP contribution is 2.65. The van der Waals surface area contributed by atoms with E-state index in [9.17, 15) is 9.59 Å². The first kappa shape index (κ1) is 20.7. The Bertz CT molecular complexity index is 1210. The summed E-state index contributed by atoms with van der Waals surface area (Å²) in [6.07, 6.45) is 6.02. The Kier molecular flexibility index (Phi) is 4.91. The molecular formula is C28H30N2O3. The zero-order chi connectivity index (χ0) is 22.6. The molecule has 5 nitrogen and oxygen atoms in total.